The van der Waals surface area contributed by atoms with Crippen molar-refractivity contribution in [2.24, 2.45) is 11.8 Å². The summed E-state index contributed by atoms with van der Waals surface area (Å²) in [6.07, 6.45) is 5.39. The van der Waals surface area contributed by atoms with Crippen LogP contribution in [0, 0.1) is 11.8 Å². The summed E-state index contributed by atoms with van der Waals surface area (Å²) >= 11 is 0. The molecule has 120 valence electrons. The van der Waals surface area contributed by atoms with Crippen molar-refractivity contribution in [1.82, 2.24) is 4.90 Å². The maximum absolute atomic E-state index is 12.6. The summed E-state index contributed by atoms with van der Waals surface area (Å²) in [5, 5.41) is 0. The minimum atomic E-state index is -0.459. The maximum Gasteiger partial charge on any atom is 0.416 e. The van der Waals surface area contributed by atoms with Gasteiger partial charge in [-0.2, -0.15) is 0 Å². The van der Waals surface area contributed by atoms with E-state index in [2.05, 4.69) is 6.08 Å². The van der Waals surface area contributed by atoms with Gasteiger partial charge in [-0.25, -0.2) is 9.59 Å². The van der Waals surface area contributed by atoms with E-state index in [1.165, 1.54) is 7.11 Å². The number of para-hydroxylation sites is 1. The van der Waals surface area contributed by atoms with Crippen LogP contribution in [0.1, 0.15) is 6.92 Å². The average molecular weight is 313 g/mol. The number of esters is 1. The van der Waals surface area contributed by atoms with Crippen molar-refractivity contribution in [3.63, 3.8) is 0 Å². The van der Waals surface area contributed by atoms with Gasteiger partial charge in [-0.3, -0.25) is 4.90 Å². The molecule has 2 aliphatic heterocycles. The van der Waals surface area contributed by atoms with Crippen LogP contribution in [0.25, 0.3) is 0 Å². The van der Waals surface area contributed by atoms with Gasteiger partial charge in [-0.1, -0.05) is 43.4 Å². The van der Waals surface area contributed by atoms with Gasteiger partial charge in [-0.15, -0.1) is 0 Å². The number of rotatable bonds is 2. The lowest BCUT2D eigenvalue weighted by molar-refractivity contribution is -0.136. The van der Waals surface area contributed by atoms with Crippen LogP contribution >= 0.6 is 0 Å². The molecule has 5 nitrogen and oxygen atoms in total. The fourth-order valence-corrected chi connectivity index (χ4v) is 3.01. The molecule has 23 heavy (non-hydrogen) atoms. The molecule has 1 aromatic carbocycles. The zero-order chi connectivity index (χ0) is 16.4. The van der Waals surface area contributed by atoms with Crippen LogP contribution in [0.3, 0.4) is 0 Å². The first kappa shape index (κ1) is 15.3. The van der Waals surface area contributed by atoms with E-state index in [9.17, 15) is 9.59 Å². The number of hydrogen-bond donors (Lipinski definition) is 0. The van der Waals surface area contributed by atoms with E-state index < -0.39 is 18.1 Å². The molecule has 0 radical (unpaired) electrons. The molecular weight excluding hydrogens is 294 g/mol. The molecule has 0 saturated heterocycles. The Labute approximate surface area is 135 Å². The average Bonchev–Trinajstić information content (AvgIpc) is 2.82. The number of hydrogen-bond acceptors (Lipinski definition) is 4. The standard InChI is InChI=1S/C18H19NO4/c1-12-10-15(17(20)22-2)16-9-8-13(12)11-19(16)18(21)23-14-6-4-3-5-7-14/h3-10,12-13,16H,11H2,1-2H3. The molecule has 0 N–H and O–H groups in total. The van der Waals surface area contributed by atoms with Crippen LogP contribution in [-0.2, 0) is 9.53 Å². The van der Waals surface area contributed by atoms with Crippen LogP contribution in [0.4, 0.5) is 4.79 Å². The normalized spacial score (nSPS) is 25.6. The largest absolute Gasteiger partial charge is 0.466 e. The lowest BCUT2D eigenvalue weighted by Crippen LogP contribution is -2.47. The first-order valence-electron chi connectivity index (χ1n) is 7.62. The second-order valence-electron chi connectivity index (χ2n) is 5.80. The van der Waals surface area contributed by atoms with Crippen LogP contribution in [0.15, 0.2) is 54.1 Å². The second-order valence-corrected chi connectivity index (χ2v) is 5.80. The number of amides is 1. The quantitative estimate of drug-likeness (QED) is 0.622. The summed E-state index contributed by atoms with van der Waals surface area (Å²) in [6, 6.07) is 8.47. The minimum Gasteiger partial charge on any atom is -0.466 e. The fraction of sp³-hybridized carbons (Fsp3) is 0.333. The highest BCUT2D eigenvalue weighted by atomic mass is 16.6. The molecule has 3 unspecified atom stereocenters. The highest BCUT2D eigenvalue weighted by molar-refractivity contribution is 5.91. The van der Waals surface area contributed by atoms with Gasteiger partial charge in [0.1, 0.15) is 5.75 Å². The molecule has 1 aromatic rings. The smallest absolute Gasteiger partial charge is 0.416 e. The highest BCUT2D eigenvalue weighted by Gasteiger charge is 2.39. The third kappa shape index (κ3) is 2.99. The van der Waals surface area contributed by atoms with Crippen molar-refractivity contribution in [1.29, 1.82) is 0 Å². The Hall–Kier alpha value is -2.56. The van der Waals surface area contributed by atoms with Crippen LogP contribution in [-0.4, -0.2) is 36.7 Å². The van der Waals surface area contributed by atoms with E-state index in [0.29, 0.717) is 17.9 Å². The lowest BCUT2D eigenvalue weighted by Gasteiger charge is -2.33. The molecule has 0 aromatic heterocycles. The molecule has 0 spiro atoms. The number of carbonyl (C=O) groups is 2. The monoisotopic (exact) mass is 313 g/mol. The Bertz CT molecular complexity index is 665. The van der Waals surface area contributed by atoms with E-state index >= 15 is 0 Å². The number of ether oxygens (including phenoxy) is 2. The van der Waals surface area contributed by atoms with Crippen molar-refractivity contribution >= 4 is 12.1 Å². The molecule has 0 saturated carbocycles. The lowest BCUT2D eigenvalue weighted by atomic mass is 9.93. The van der Waals surface area contributed by atoms with Gasteiger partial charge >= 0.3 is 12.1 Å². The summed E-state index contributed by atoms with van der Waals surface area (Å²) in [4.78, 5) is 26.2. The number of benzene rings is 1. The number of nitrogens with zero attached hydrogens (tertiary/aromatic N) is 1. The zero-order valence-electron chi connectivity index (χ0n) is 13.1. The van der Waals surface area contributed by atoms with Gasteiger partial charge in [0.25, 0.3) is 0 Å². The first-order valence-corrected chi connectivity index (χ1v) is 7.62. The maximum atomic E-state index is 12.6. The van der Waals surface area contributed by atoms with Crippen molar-refractivity contribution in [3.05, 3.63) is 54.1 Å². The Kier molecular flexibility index (Phi) is 4.19. The fourth-order valence-electron chi connectivity index (χ4n) is 3.01. The molecule has 5 heteroatoms. The molecule has 1 aliphatic carbocycles. The van der Waals surface area contributed by atoms with E-state index in [-0.39, 0.29) is 11.8 Å². The van der Waals surface area contributed by atoms with Crippen molar-refractivity contribution < 1.29 is 19.1 Å². The van der Waals surface area contributed by atoms with E-state index in [1.807, 2.05) is 25.1 Å². The zero-order valence-corrected chi connectivity index (χ0v) is 13.1. The number of allylic oxidation sites excluding steroid dienone is 1. The van der Waals surface area contributed by atoms with Crippen molar-refractivity contribution in [2.45, 2.75) is 13.0 Å². The van der Waals surface area contributed by atoms with Crippen LogP contribution < -0.4 is 4.74 Å². The van der Waals surface area contributed by atoms with Gasteiger partial charge in [-0.05, 0) is 18.1 Å². The molecule has 3 aliphatic rings. The Morgan fingerprint density at radius 2 is 1.91 bits per heavy atom. The van der Waals surface area contributed by atoms with E-state index in [4.69, 9.17) is 9.47 Å². The van der Waals surface area contributed by atoms with Gasteiger partial charge in [0.05, 0.1) is 18.7 Å². The van der Waals surface area contributed by atoms with Crippen molar-refractivity contribution in [2.75, 3.05) is 13.7 Å². The number of carbonyl (C=O) groups excluding carboxylic acids is 2. The molecule has 4 rings (SSSR count). The van der Waals surface area contributed by atoms with Crippen molar-refractivity contribution in [3.8, 4) is 5.75 Å². The van der Waals surface area contributed by atoms with Gasteiger partial charge < -0.3 is 9.47 Å². The van der Waals surface area contributed by atoms with Crippen LogP contribution in [0.2, 0.25) is 0 Å². The molecular formula is C18H19NO4. The summed E-state index contributed by atoms with van der Waals surface area (Å²) in [7, 11) is 1.35. The van der Waals surface area contributed by atoms with Gasteiger partial charge in [0, 0.05) is 12.5 Å². The molecule has 2 heterocycles. The van der Waals surface area contributed by atoms with Gasteiger partial charge in [0.15, 0.2) is 0 Å². The molecule has 0 fully saturated rings. The summed E-state index contributed by atoms with van der Waals surface area (Å²) in [6.45, 7) is 2.55. The second kappa shape index (κ2) is 6.28. The number of fused-ring (bicyclic) bond motifs is 2. The Balaban J connectivity index is 1.86. The molecule has 1 amide bonds. The highest BCUT2D eigenvalue weighted by Crippen LogP contribution is 2.33. The SMILES string of the molecule is COC(=O)C1=CC(C)C2C=CC1N(C(=O)Oc1ccccc1)C2. The molecule has 3 atom stereocenters. The third-order valence-electron chi connectivity index (χ3n) is 4.32. The van der Waals surface area contributed by atoms with Gasteiger partial charge in [0.2, 0.25) is 0 Å². The van der Waals surface area contributed by atoms with E-state index in [1.54, 1.807) is 29.2 Å². The summed E-state index contributed by atoms with van der Waals surface area (Å²) in [5.41, 5.74) is 0.487. The molecule has 2 bridgehead atoms. The predicted octanol–water partition coefficient (Wildman–Crippen LogP) is 2.79. The topological polar surface area (TPSA) is 55.8 Å². The summed E-state index contributed by atoms with van der Waals surface area (Å²) < 4.78 is 10.3. The van der Waals surface area contributed by atoms with Crippen LogP contribution in [0.5, 0.6) is 5.75 Å². The number of methoxy groups -OCH3 is 1. The Morgan fingerprint density at radius 1 is 1.17 bits per heavy atom. The third-order valence-corrected chi connectivity index (χ3v) is 4.32. The Morgan fingerprint density at radius 3 is 2.61 bits per heavy atom. The summed E-state index contributed by atoms with van der Waals surface area (Å²) in [5.74, 6) is 0.390. The van der Waals surface area contributed by atoms with E-state index in [0.717, 1.165) is 0 Å². The minimum absolute atomic E-state index is 0.153. The predicted molar refractivity (Wildman–Crippen MR) is 84.9 cm³/mol. The first-order chi connectivity index (χ1) is 11.1.